The molecule has 126 valence electrons. The third kappa shape index (κ3) is 3.89. The number of ether oxygens (including phenoxy) is 2. The molecule has 0 bridgehead atoms. The Morgan fingerprint density at radius 3 is 2.74 bits per heavy atom. The lowest BCUT2D eigenvalue weighted by Gasteiger charge is -2.47. The maximum Gasteiger partial charge on any atom is 0.405 e. The topological polar surface area (TPSA) is 101 Å². The molecule has 8 nitrogen and oxygen atoms in total. The zero-order chi connectivity index (χ0) is 17.0. The van der Waals surface area contributed by atoms with E-state index in [-0.39, 0.29) is 17.9 Å². The number of likely N-dealkylation sites (tertiary alicyclic amines) is 1. The molecule has 1 fully saturated rings. The van der Waals surface area contributed by atoms with Crippen LogP contribution in [0.2, 0.25) is 0 Å². The zero-order valence-corrected chi connectivity index (χ0v) is 13.4. The first-order chi connectivity index (χ1) is 10.9. The number of nitrogens with zero attached hydrogens (tertiary/aromatic N) is 2. The van der Waals surface area contributed by atoms with Crippen molar-refractivity contribution in [1.82, 2.24) is 15.2 Å². The van der Waals surface area contributed by atoms with Crippen LogP contribution in [0.5, 0.6) is 5.75 Å². The van der Waals surface area contributed by atoms with Crippen LogP contribution in [0.1, 0.15) is 12.5 Å². The molecule has 1 saturated heterocycles. The van der Waals surface area contributed by atoms with Crippen LogP contribution in [0, 0.1) is 0 Å². The molecule has 0 radical (unpaired) electrons. The van der Waals surface area contributed by atoms with Crippen LogP contribution < -0.4 is 10.1 Å². The summed E-state index contributed by atoms with van der Waals surface area (Å²) in [5, 5.41) is 11.3. The number of carboxylic acid groups (broad SMARTS) is 1. The third-order valence-electron chi connectivity index (χ3n) is 3.96. The summed E-state index contributed by atoms with van der Waals surface area (Å²) in [6, 6.07) is 0.822. The fourth-order valence-corrected chi connectivity index (χ4v) is 2.60. The first-order valence-electron chi connectivity index (χ1n) is 7.19. The summed E-state index contributed by atoms with van der Waals surface area (Å²) >= 11 is 0. The second-order valence-corrected chi connectivity index (χ2v) is 5.74. The SMILES string of the molecule is COc1cnccc1CC(NC(=O)O)C(=O)N1CC(C)(OC)C1. The lowest BCUT2D eigenvalue weighted by Crippen LogP contribution is -2.66. The normalized spacial score (nSPS) is 17.1. The van der Waals surface area contributed by atoms with Crippen molar-refractivity contribution in [2.24, 2.45) is 0 Å². The Labute approximate surface area is 134 Å². The molecule has 1 atom stereocenters. The lowest BCUT2D eigenvalue weighted by molar-refractivity contribution is -0.159. The van der Waals surface area contributed by atoms with Gasteiger partial charge in [0.05, 0.1) is 32.0 Å². The molecule has 8 heteroatoms. The van der Waals surface area contributed by atoms with Crippen molar-refractivity contribution in [3.05, 3.63) is 24.0 Å². The number of hydrogen-bond acceptors (Lipinski definition) is 5. The van der Waals surface area contributed by atoms with Gasteiger partial charge in [-0.2, -0.15) is 0 Å². The Kier molecular flexibility index (Phi) is 5.05. The first-order valence-corrected chi connectivity index (χ1v) is 7.19. The molecular formula is C15H21N3O5. The first kappa shape index (κ1) is 17.0. The highest BCUT2D eigenvalue weighted by Crippen LogP contribution is 2.25. The highest BCUT2D eigenvalue weighted by Gasteiger charge is 2.43. The van der Waals surface area contributed by atoms with Gasteiger partial charge in [-0.15, -0.1) is 0 Å². The number of rotatable bonds is 6. The molecule has 2 amide bonds. The standard InChI is InChI=1S/C15H21N3O5/c1-15(23-3)8-18(9-15)13(19)11(17-14(20)21)6-10-4-5-16-7-12(10)22-2/h4-5,7,11,17H,6,8-9H2,1-3H3,(H,20,21). The quantitative estimate of drug-likeness (QED) is 0.791. The van der Waals surface area contributed by atoms with Crippen molar-refractivity contribution in [2.45, 2.75) is 25.0 Å². The molecular weight excluding hydrogens is 302 g/mol. The number of carbonyl (C=O) groups is 2. The van der Waals surface area contributed by atoms with Crippen LogP contribution in [0.15, 0.2) is 18.5 Å². The molecule has 1 unspecified atom stereocenters. The average molecular weight is 323 g/mol. The van der Waals surface area contributed by atoms with Gasteiger partial charge in [0.1, 0.15) is 11.8 Å². The molecule has 1 aliphatic heterocycles. The molecule has 0 spiro atoms. The minimum Gasteiger partial charge on any atom is -0.495 e. The predicted molar refractivity (Wildman–Crippen MR) is 81.4 cm³/mol. The van der Waals surface area contributed by atoms with E-state index in [9.17, 15) is 9.59 Å². The minimum atomic E-state index is -1.24. The number of aromatic nitrogens is 1. The molecule has 0 aliphatic carbocycles. The highest BCUT2D eigenvalue weighted by atomic mass is 16.5. The largest absolute Gasteiger partial charge is 0.495 e. The smallest absolute Gasteiger partial charge is 0.405 e. The van der Waals surface area contributed by atoms with Crippen LogP contribution in [-0.4, -0.2) is 65.9 Å². The van der Waals surface area contributed by atoms with Gasteiger partial charge in [-0.05, 0) is 18.6 Å². The van der Waals surface area contributed by atoms with E-state index in [0.717, 1.165) is 0 Å². The van der Waals surface area contributed by atoms with E-state index < -0.39 is 12.1 Å². The van der Waals surface area contributed by atoms with E-state index in [1.807, 2.05) is 6.92 Å². The van der Waals surface area contributed by atoms with Gasteiger partial charge in [0, 0.05) is 19.7 Å². The summed E-state index contributed by atoms with van der Waals surface area (Å²) in [4.78, 5) is 29.1. The minimum absolute atomic E-state index is 0.191. The van der Waals surface area contributed by atoms with Gasteiger partial charge < -0.3 is 24.8 Å². The second-order valence-electron chi connectivity index (χ2n) is 5.74. The Morgan fingerprint density at radius 2 is 2.17 bits per heavy atom. The number of hydrogen-bond donors (Lipinski definition) is 2. The summed E-state index contributed by atoms with van der Waals surface area (Å²) in [7, 11) is 3.10. The van der Waals surface area contributed by atoms with Crippen LogP contribution in [0.25, 0.3) is 0 Å². The number of carbonyl (C=O) groups excluding carboxylic acids is 1. The van der Waals surface area contributed by atoms with Gasteiger partial charge in [-0.25, -0.2) is 4.79 Å². The van der Waals surface area contributed by atoms with Gasteiger partial charge in [-0.1, -0.05) is 0 Å². The van der Waals surface area contributed by atoms with Crippen LogP contribution in [0.3, 0.4) is 0 Å². The van der Waals surface area contributed by atoms with Crippen molar-refractivity contribution < 1.29 is 24.2 Å². The van der Waals surface area contributed by atoms with Gasteiger partial charge in [0.15, 0.2) is 0 Å². The number of nitrogens with one attached hydrogen (secondary N) is 1. The molecule has 0 saturated carbocycles. The van der Waals surface area contributed by atoms with Crippen LogP contribution >= 0.6 is 0 Å². The Balaban J connectivity index is 2.11. The molecule has 1 aromatic rings. The van der Waals surface area contributed by atoms with Crippen LogP contribution in [0.4, 0.5) is 4.79 Å². The Morgan fingerprint density at radius 1 is 1.48 bits per heavy atom. The highest BCUT2D eigenvalue weighted by molar-refractivity contribution is 5.86. The van der Waals surface area contributed by atoms with E-state index >= 15 is 0 Å². The van der Waals surface area contributed by atoms with Crippen molar-refractivity contribution in [2.75, 3.05) is 27.3 Å². The zero-order valence-electron chi connectivity index (χ0n) is 13.4. The fraction of sp³-hybridized carbons (Fsp3) is 0.533. The van der Waals surface area contributed by atoms with Crippen molar-refractivity contribution in [1.29, 1.82) is 0 Å². The molecule has 0 aromatic carbocycles. The monoisotopic (exact) mass is 323 g/mol. The molecule has 2 heterocycles. The predicted octanol–water partition coefficient (Wildman–Crippen LogP) is 0.516. The van der Waals surface area contributed by atoms with E-state index in [2.05, 4.69) is 10.3 Å². The van der Waals surface area contributed by atoms with Crippen LogP contribution in [-0.2, 0) is 16.0 Å². The van der Waals surface area contributed by atoms with Crippen molar-refractivity contribution in [3.63, 3.8) is 0 Å². The number of amides is 2. The lowest BCUT2D eigenvalue weighted by atomic mass is 9.94. The molecule has 1 aromatic heterocycles. The Bertz CT molecular complexity index is 586. The van der Waals surface area contributed by atoms with Crippen molar-refractivity contribution in [3.8, 4) is 5.75 Å². The van der Waals surface area contributed by atoms with E-state index in [0.29, 0.717) is 24.4 Å². The maximum atomic E-state index is 12.6. The van der Waals surface area contributed by atoms with E-state index in [1.165, 1.54) is 13.3 Å². The van der Waals surface area contributed by atoms with Gasteiger partial charge in [0.25, 0.3) is 0 Å². The summed E-state index contributed by atoms with van der Waals surface area (Å²) < 4.78 is 10.5. The molecule has 23 heavy (non-hydrogen) atoms. The maximum absolute atomic E-state index is 12.6. The Hall–Kier alpha value is -2.35. The van der Waals surface area contributed by atoms with Gasteiger partial charge >= 0.3 is 6.09 Å². The molecule has 2 rings (SSSR count). The molecule has 2 N–H and O–H groups in total. The summed E-state index contributed by atoms with van der Waals surface area (Å²) in [5.74, 6) is 0.239. The fourth-order valence-electron chi connectivity index (χ4n) is 2.60. The van der Waals surface area contributed by atoms with Crippen molar-refractivity contribution >= 4 is 12.0 Å². The second kappa shape index (κ2) is 6.82. The third-order valence-corrected chi connectivity index (χ3v) is 3.96. The summed E-state index contributed by atoms with van der Waals surface area (Å²) in [6.07, 6.45) is 2.05. The van der Waals surface area contributed by atoms with E-state index in [4.69, 9.17) is 14.6 Å². The van der Waals surface area contributed by atoms with Gasteiger partial charge in [0.2, 0.25) is 5.91 Å². The molecule has 1 aliphatic rings. The summed E-state index contributed by atoms with van der Waals surface area (Å²) in [5.41, 5.74) is 0.349. The van der Waals surface area contributed by atoms with Gasteiger partial charge in [-0.3, -0.25) is 9.78 Å². The number of pyridine rings is 1. The van der Waals surface area contributed by atoms with E-state index in [1.54, 1.807) is 24.3 Å². The number of methoxy groups -OCH3 is 2. The average Bonchev–Trinajstić information content (AvgIpc) is 2.50. The summed E-state index contributed by atoms with van der Waals surface area (Å²) in [6.45, 7) is 2.78.